The highest BCUT2D eigenvalue weighted by molar-refractivity contribution is 7.89. The van der Waals surface area contributed by atoms with Gasteiger partial charge in [-0.15, -0.1) is 0 Å². The van der Waals surface area contributed by atoms with Crippen molar-refractivity contribution in [2.24, 2.45) is 11.8 Å². The Bertz CT molecular complexity index is 627. The minimum atomic E-state index is -3.75. The quantitative estimate of drug-likeness (QED) is 0.624. The molecule has 2 atom stereocenters. The maximum absolute atomic E-state index is 12.3. The van der Waals surface area contributed by atoms with Crippen LogP contribution in [0.4, 0.5) is 5.69 Å². The summed E-state index contributed by atoms with van der Waals surface area (Å²) in [7, 11) is -2.55. The summed E-state index contributed by atoms with van der Waals surface area (Å²) in [6.07, 6.45) is 1.02. The standard InChI is InChI=1S/C13H18N2O4S/c1-8-5-9(8)7-15-20(17,18)12-4-3-10(14)6-11(12)13(16)19-2/h3-4,6,8-9,15H,5,7,14H2,1-2H3. The molecule has 0 heterocycles. The number of carbonyl (C=O) groups excluding carboxylic acids is 1. The largest absolute Gasteiger partial charge is 0.465 e. The van der Waals surface area contributed by atoms with Crippen LogP contribution in [0.5, 0.6) is 0 Å². The van der Waals surface area contributed by atoms with Crippen LogP contribution in [-0.2, 0) is 14.8 Å². The van der Waals surface area contributed by atoms with E-state index in [9.17, 15) is 13.2 Å². The van der Waals surface area contributed by atoms with E-state index in [0.717, 1.165) is 6.42 Å². The molecule has 0 radical (unpaired) electrons. The molecule has 1 aliphatic rings. The number of benzene rings is 1. The highest BCUT2D eigenvalue weighted by Crippen LogP contribution is 2.37. The number of hydrogen-bond acceptors (Lipinski definition) is 5. The fourth-order valence-corrected chi connectivity index (χ4v) is 3.30. The molecule has 6 nitrogen and oxygen atoms in total. The first-order valence-corrected chi connectivity index (χ1v) is 7.81. The number of anilines is 1. The number of carbonyl (C=O) groups is 1. The van der Waals surface area contributed by atoms with Crippen LogP contribution in [0.3, 0.4) is 0 Å². The van der Waals surface area contributed by atoms with Crippen LogP contribution in [0.25, 0.3) is 0 Å². The number of nitrogen functional groups attached to an aromatic ring is 1. The lowest BCUT2D eigenvalue weighted by Gasteiger charge is -2.11. The molecular formula is C13H18N2O4S. The van der Waals surface area contributed by atoms with Gasteiger partial charge in [-0.1, -0.05) is 6.92 Å². The summed E-state index contributed by atoms with van der Waals surface area (Å²) in [5.74, 6) is 0.196. The maximum atomic E-state index is 12.3. The van der Waals surface area contributed by atoms with E-state index in [1.54, 1.807) is 0 Å². The van der Waals surface area contributed by atoms with Gasteiger partial charge in [-0.2, -0.15) is 0 Å². The number of nitrogens with one attached hydrogen (secondary N) is 1. The molecule has 1 aromatic carbocycles. The summed E-state index contributed by atoms with van der Waals surface area (Å²) in [6, 6.07) is 4.07. The lowest BCUT2D eigenvalue weighted by atomic mass is 10.2. The molecule has 0 bridgehead atoms. The lowest BCUT2D eigenvalue weighted by molar-refractivity contribution is 0.0596. The van der Waals surface area contributed by atoms with Gasteiger partial charge in [-0.3, -0.25) is 0 Å². The Kier molecular flexibility index (Phi) is 4.01. The maximum Gasteiger partial charge on any atom is 0.339 e. The van der Waals surface area contributed by atoms with Crippen LogP contribution < -0.4 is 10.5 Å². The van der Waals surface area contributed by atoms with Gasteiger partial charge in [-0.05, 0) is 36.5 Å². The number of hydrogen-bond donors (Lipinski definition) is 2. The summed E-state index contributed by atoms with van der Waals surface area (Å²) in [5, 5.41) is 0. The minimum Gasteiger partial charge on any atom is -0.465 e. The Morgan fingerprint density at radius 3 is 2.70 bits per heavy atom. The van der Waals surface area contributed by atoms with Crippen LogP contribution in [0.2, 0.25) is 0 Å². The summed E-state index contributed by atoms with van der Waals surface area (Å²) in [4.78, 5) is 11.6. The van der Waals surface area contributed by atoms with Crippen molar-refractivity contribution in [3.05, 3.63) is 23.8 Å². The van der Waals surface area contributed by atoms with E-state index < -0.39 is 16.0 Å². The summed E-state index contributed by atoms with van der Waals surface area (Å²) in [5.41, 5.74) is 5.84. The van der Waals surface area contributed by atoms with Gasteiger partial charge in [0.1, 0.15) is 0 Å². The molecule has 2 unspecified atom stereocenters. The molecule has 1 saturated carbocycles. The van der Waals surface area contributed by atoms with Gasteiger partial charge in [0.25, 0.3) is 0 Å². The van der Waals surface area contributed by atoms with Gasteiger partial charge >= 0.3 is 5.97 Å². The van der Waals surface area contributed by atoms with Gasteiger partial charge < -0.3 is 10.5 Å². The first-order chi connectivity index (χ1) is 9.35. The molecule has 0 saturated heterocycles. The van der Waals surface area contributed by atoms with Crippen molar-refractivity contribution in [3.8, 4) is 0 Å². The van der Waals surface area contributed by atoms with E-state index in [1.165, 1.54) is 25.3 Å². The fourth-order valence-electron chi connectivity index (χ4n) is 2.03. The molecule has 1 fully saturated rings. The molecular weight excluding hydrogens is 280 g/mol. The zero-order valence-corrected chi connectivity index (χ0v) is 12.2. The summed E-state index contributed by atoms with van der Waals surface area (Å²) < 4.78 is 31.7. The third kappa shape index (κ3) is 3.10. The predicted molar refractivity (Wildman–Crippen MR) is 74.7 cm³/mol. The number of methoxy groups -OCH3 is 1. The Morgan fingerprint density at radius 2 is 2.15 bits per heavy atom. The summed E-state index contributed by atoms with van der Waals surface area (Å²) in [6.45, 7) is 2.45. The van der Waals surface area contributed by atoms with Gasteiger partial charge in [0.15, 0.2) is 0 Å². The van der Waals surface area contributed by atoms with Crippen molar-refractivity contribution in [2.75, 3.05) is 19.4 Å². The highest BCUT2D eigenvalue weighted by atomic mass is 32.2. The molecule has 110 valence electrons. The normalized spacial score (nSPS) is 21.5. The molecule has 0 aromatic heterocycles. The molecule has 20 heavy (non-hydrogen) atoms. The smallest absolute Gasteiger partial charge is 0.339 e. The van der Waals surface area contributed by atoms with E-state index in [0.29, 0.717) is 24.1 Å². The van der Waals surface area contributed by atoms with Crippen molar-refractivity contribution in [3.63, 3.8) is 0 Å². The van der Waals surface area contributed by atoms with E-state index in [-0.39, 0.29) is 10.5 Å². The molecule has 7 heteroatoms. The topological polar surface area (TPSA) is 98.5 Å². The summed E-state index contributed by atoms with van der Waals surface area (Å²) >= 11 is 0. The third-order valence-corrected chi connectivity index (χ3v) is 4.99. The zero-order chi connectivity index (χ0) is 14.9. The molecule has 3 N–H and O–H groups in total. The van der Waals surface area contributed by atoms with Gasteiger partial charge in [0, 0.05) is 12.2 Å². The van der Waals surface area contributed by atoms with Crippen molar-refractivity contribution < 1.29 is 17.9 Å². The van der Waals surface area contributed by atoms with E-state index in [1.807, 2.05) is 0 Å². The van der Waals surface area contributed by atoms with Crippen molar-refractivity contribution >= 4 is 21.7 Å². The Balaban J connectivity index is 2.28. The molecule has 0 amide bonds. The fraction of sp³-hybridized carbons (Fsp3) is 0.462. The molecule has 0 spiro atoms. The monoisotopic (exact) mass is 298 g/mol. The highest BCUT2D eigenvalue weighted by Gasteiger charge is 2.34. The number of esters is 1. The first-order valence-electron chi connectivity index (χ1n) is 6.32. The SMILES string of the molecule is COC(=O)c1cc(N)ccc1S(=O)(=O)NCC1CC1C. The predicted octanol–water partition coefficient (Wildman–Crippen LogP) is 0.990. The van der Waals surface area contributed by atoms with Crippen LogP contribution in [0, 0.1) is 11.8 Å². The number of ether oxygens (including phenoxy) is 1. The van der Waals surface area contributed by atoms with Gasteiger partial charge in [0.05, 0.1) is 17.6 Å². The Labute approximate surface area is 118 Å². The van der Waals surface area contributed by atoms with Crippen molar-refractivity contribution in [1.82, 2.24) is 4.72 Å². The van der Waals surface area contributed by atoms with Gasteiger partial charge in [0.2, 0.25) is 10.0 Å². The Hall–Kier alpha value is -1.60. The average molecular weight is 298 g/mol. The minimum absolute atomic E-state index is 0.0520. The molecule has 2 rings (SSSR count). The third-order valence-electron chi connectivity index (χ3n) is 3.51. The molecule has 0 aliphatic heterocycles. The zero-order valence-electron chi connectivity index (χ0n) is 11.4. The van der Waals surface area contributed by atoms with Gasteiger partial charge in [-0.25, -0.2) is 17.9 Å². The van der Waals surface area contributed by atoms with Crippen molar-refractivity contribution in [1.29, 1.82) is 0 Å². The van der Waals surface area contributed by atoms with E-state index in [4.69, 9.17) is 5.73 Å². The van der Waals surface area contributed by atoms with Crippen molar-refractivity contribution in [2.45, 2.75) is 18.2 Å². The second-order valence-electron chi connectivity index (χ2n) is 5.07. The second kappa shape index (κ2) is 5.41. The molecule has 1 aromatic rings. The van der Waals surface area contributed by atoms with Crippen LogP contribution in [-0.4, -0.2) is 28.0 Å². The lowest BCUT2D eigenvalue weighted by Crippen LogP contribution is -2.28. The number of sulfonamides is 1. The van der Waals surface area contributed by atoms with Crippen LogP contribution in [0.1, 0.15) is 23.7 Å². The van der Waals surface area contributed by atoms with Crippen LogP contribution in [0.15, 0.2) is 23.1 Å². The first kappa shape index (κ1) is 14.8. The van der Waals surface area contributed by atoms with Crippen LogP contribution >= 0.6 is 0 Å². The molecule has 1 aliphatic carbocycles. The Morgan fingerprint density at radius 1 is 1.50 bits per heavy atom. The van der Waals surface area contributed by atoms with E-state index >= 15 is 0 Å². The van der Waals surface area contributed by atoms with E-state index in [2.05, 4.69) is 16.4 Å². The number of rotatable bonds is 5. The average Bonchev–Trinajstić information content (AvgIpc) is 3.11. The second-order valence-corrected chi connectivity index (χ2v) is 6.81. The number of nitrogens with two attached hydrogens (primary N) is 1.